The van der Waals surface area contributed by atoms with Crippen molar-refractivity contribution in [2.24, 2.45) is 5.92 Å². The maximum Gasteiger partial charge on any atom is 0.0654 e. The molecule has 1 rings (SSSR count). The van der Waals surface area contributed by atoms with Gasteiger partial charge in [-0.2, -0.15) is 0 Å². The second-order valence-corrected chi connectivity index (χ2v) is 4.20. The van der Waals surface area contributed by atoms with Gasteiger partial charge in [-0.3, -0.25) is 0 Å². The number of rotatable bonds is 1. The quantitative estimate of drug-likeness (QED) is 0.635. The lowest BCUT2D eigenvalue weighted by Gasteiger charge is -2.26. The SMILES string of the molecule is CC1=CC=CC(C(C)(C)O)CC1. The molecule has 1 aliphatic carbocycles. The molecule has 0 aromatic carbocycles. The first-order valence-corrected chi connectivity index (χ1v) is 4.56. The molecule has 0 fully saturated rings. The maximum atomic E-state index is 9.78. The molecule has 12 heavy (non-hydrogen) atoms. The first-order chi connectivity index (χ1) is 5.50. The largest absolute Gasteiger partial charge is 0.390 e. The molecule has 1 unspecified atom stereocenters. The Hall–Kier alpha value is -0.560. The summed E-state index contributed by atoms with van der Waals surface area (Å²) >= 11 is 0. The van der Waals surface area contributed by atoms with E-state index < -0.39 is 5.60 Å². The van der Waals surface area contributed by atoms with Gasteiger partial charge < -0.3 is 5.11 Å². The summed E-state index contributed by atoms with van der Waals surface area (Å²) in [5.41, 5.74) is 0.826. The van der Waals surface area contributed by atoms with Gasteiger partial charge in [0, 0.05) is 5.92 Å². The van der Waals surface area contributed by atoms with Crippen LogP contribution in [0, 0.1) is 5.92 Å². The Morgan fingerprint density at radius 2 is 2.17 bits per heavy atom. The van der Waals surface area contributed by atoms with Crippen molar-refractivity contribution in [1.82, 2.24) is 0 Å². The third kappa shape index (κ3) is 2.49. The van der Waals surface area contributed by atoms with Gasteiger partial charge in [-0.05, 0) is 33.6 Å². The van der Waals surface area contributed by atoms with Crippen molar-refractivity contribution < 1.29 is 5.11 Å². The van der Waals surface area contributed by atoms with Crippen molar-refractivity contribution in [3.05, 3.63) is 23.8 Å². The molecule has 0 spiro atoms. The van der Waals surface area contributed by atoms with E-state index in [1.807, 2.05) is 13.8 Å². The van der Waals surface area contributed by atoms with Crippen LogP contribution >= 0.6 is 0 Å². The van der Waals surface area contributed by atoms with Gasteiger partial charge in [-0.25, -0.2) is 0 Å². The normalized spacial score (nSPS) is 25.0. The van der Waals surface area contributed by atoms with Gasteiger partial charge in [-0.1, -0.05) is 23.8 Å². The van der Waals surface area contributed by atoms with Gasteiger partial charge in [0.1, 0.15) is 0 Å². The Balaban J connectivity index is 2.64. The van der Waals surface area contributed by atoms with Crippen LogP contribution < -0.4 is 0 Å². The molecular weight excluding hydrogens is 148 g/mol. The standard InChI is InChI=1S/C11H18O/c1-9-5-4-6-10(8-7-9)11(2,3)12/h4-6,10,12H,7-8H2,1-3H3. The molecule has 0 radical (unpaired) electrons. The number of hydrogen-bond acceptors (Lipinski definition) is 1. The Bertz CT molecular complexity index is 206. The van der Waals surface area contributed by atoms with Crippen LogP contribution in [0.15, 0.2) is 23.8 Å². The summed E-state index contributed by atoms with van der Waals surface area (Å²) in [6.45, 7) is 5.89. The predicted octanol–water partition coefficient (Wildman–Crippen LogP) is 2.67. The first-order valence-electron chi connectivity index (χ1n) is 4.56. The molecule has 1 nitrogen and oxygen atoms in total. The Morgan fingerprint density at radius 3 is 2.75 bits per heavy atom. The second-order valence-electron chi connectivity index (χ2n) is 4.20. The van der Waals surface area contributed by atoms with Crippen molar-refractivity contribution in [2.75, 3.05) is 0 Å². The third-order valence-electron chi connectivity index (χ3n) is 2.48. The molecule has 0 aromatic heterocycles. The summed E-state index contributed by atoms with van der Waals surface area (Å²) in [7, 11) is 0. The average Bonchev–Trinajstić information content (AvgIpc) is 2.11. The van der Waals surface area contributed by atoms with Gasteiger partial charge in [-0.15, -0.1) is 0 Å². The zero-order valence-electron chi connectivity index (χ0n) is 8.17. The lowest BCUT2D eigenvalue weighted by molar-refractivity contribution is 0.0341. The predicted molar refractivity (Wildman–Crippen MR) is 51.9 cm³/mol. The van der Waals surface area contributed by atoms with Crippen molar-refractivity contribution in [3.8, 4) is 0 Å². The van der Waals surface area contributed by atoms with E-state index in [2.05, 4.69) is 25.2 Å². The highest BCUT2D eigenvalue weighted by atomic mass is 16.3. The summed E-state index contributed by atoms with van der Waals surface area (Å²) in [6, 6.07) is 0. The van der Waals surface area contributed by atoms with Gasteiger partial charge in [0.05, 0.1) is 5.60 Å². The highest BCUT2D eigenvalue weighted by Gasteiger charge is 2.24. The summed E-state index contributed by atoms with van der Waals surface area (Å²) in [4.78, 5) is 0. The van der Waals surface area contributed by atoms with Crippen LogP contribution in [-0.2, 0) is 0 Å². The summed E-state index contributed by atoms with van der Waals surface area (Å²) < 4.78 is 0. The molecular formula is C11H18O. The van der Waals surface area contributed by atoms with E-state index in [9.17, 15) is 5.11 Å². The minimum Gasteiger partial charge on any atom is -0.390 e. The fraction of sp³-hybridized carbons (Fsp3) is 0.636. The fourth-order valence-corrected chi connectivity index (χ4v) is 1.51. The first kappa shape index (κ1) is 9.53. The van der Waals surface area contributed by atoms with E-state index in [1.54, 1.807) is 0 Å². The zero-order valence-corrected chi connectivity index (χ0v) is 8.17. The summed E-state index contributed by atoms with van der Waals surface area (Å²) in [5.74, 6) is 0.297. The van der Waals surface area contributed by atoms with Crippen LogP contribution in [0.2, 0.25) is 0 Å². The highest BCUT2D eigenvalue weighted by molar-refractivity contribution is 5.16. The minimum absolute atomic E-state index is 0.297. The Morgan fingerprint density at radius 1 is 1.50 bits per heavy atom. The second kappa shape index (κ2) is 3.44. The highest BCUT2D eigenvalue weighted by Crippen LogP contribution is 2.26. The molecule has 0 amide bonds. The molecule has 1 aliphatic rings. The lowest BCUT2D eigenvalue weighted by Crippen LogP contribution is -2.29. The van der Waals surface area contributed by atoms with Crippen molar-refractivity contribution in [3.63, 3.8) is 0 Å². The van der Waals surface area contributed by atoms with Crippen LogP contribution in [0.1, 0.15) is 33.6 Å². The van der Waals surface area contributed by atoms with Crippen molar-refractivity contribution >= 4 is 0 Å². The molecule has 68 valence electrons. The Labute approximate surface area is 74.8 Å². The minimum atomic E-state index is -0.574. The fourth-order valence-electron chi connectivity index (χ4n) is 1.51. The number of allylic oxidation sites excluding steroid dienone is 3. The molecule has 0 aliphatic heterocycles. The van der Waals surface area contributed by atoms with Crippen LogP contribution in [0.25, 0.3) is 0 Å². The zero-order chi connectivity index (χ0) is 9.19. The summed E-state index contributed by atoms with van der Waals surface area (Å²) in [6.07, 6.45) is 8.46. The third-order valence-corrected chi connectivity index (χ3v) is 2.48. The van der Waals surface area contributed by atoms with Gasteiger partial charge in [0.15, 0.2) is 0 Å². The van der Waals surface area contributed by atoms with Gasteiger partial charge in [0.25, 0.3) is 0 Å². The van der Waals surface area contributed by atoms with E-state index in [-0.39, 0.29) is 0 Å². The van der Waals surface area contributed by atoms with Crippen LogP contribution in [-0.4, -0.2) is 10.7 Å². The number of aliphatic hydroxyl groups is 1. The maximum absolute atomic E-state index is 9.78. The van der Waals surface area contributed by atoms with Crippen LogP contribution in [0.3, 0.4) is 0 Å². The van der Waals surface area contributed by atoms with Gasteiger partial charge in [0.2, 0.25) is 0 Å². The molecule has 0 aromatic rings. The Kier molecular flexibility index (Phi) is 2.73. The van der Waals surface area contributed by atoms with Crippen LogP contribution in [0.4, 0.5) is 0 Å². The smallest absolute Gasteiger partial charge is 0.0654 e. The van der Waals surface area contributed by atoms with Crippen LogP contribution in [0.5, 0.6) is 0 Å². The average molecular weight is 166 g/mol. The topological polar surface area (TPSA) is 20.2 Å². The molecule has 0 saturated carbocycles. The van der Waals surface area contributed by atoms with E-state index in [1.165, 1.54) is 5.57 Å². The monoisotopic (exact) mass is 166 g/mol. The molecule has 0 saturated heterocycles. The molecule has 0 heterocycles. The van der Waals surface area contributed by atoms with Gasteiger partial charge >= 0.3 is 0 Å². The molecule has 1 heteroatoms. The molecule has 1 atom stereocenters. The van der Waals surface area contributed by atoms with E-state index in [0.29, 0.717) is 5.92 Å². The van der Waals surface area contributed by atoms with E-state index in [4.69, 9.17) is 0 Å². The van der Waals surface area contributed by atoms with Crippen molar-refractivity contribution in [1.29, 1.82) is 0 Å². The van der Waals surface area contributed by atoms with Crippen molar-refractivity contribution in [2.45, 2.75) is 39.2 Å². The van der Waals surface area contributed by atoms with E-state index in [0.717, 1.165) is 12.8 Å². The lowest BCUT2D eigenvalue weighted by atomic mass is 9.87. The molecule has 1 N–H and O–H groups in total. The number of hydrogen-bond donors (Lipinski definition) is 1. The summed E-state index contributed by atoms with van der Waals surface area (Å²) in [5, 5.41) is 9.78. The molecule has 0 bridgehead atoms. The van der Waals surface area contributed by atoms with E-state index >= 15 is 0 Å².